The minimum atomic E-state index is -0.0969. The number of hydrogen-bond donors (Lipinski definition) is 2. The van der Waals surface area contributed by atoms with Crippen LogP contribution in [-0.4, -0.2) is 5.91 Å². The minimum absolute atomic E-state index is 0.0969. The van der Waals surface area contributed by atoms with Gasteiger partial charge in [0.15, 0.2) is 0 Å². The Hall–Kier alpha value is -1.55. The summed E-state index contributed by atoms with van der Waals surface area (Å²) in [7, 11) is 0. The number of nitrogens with one attached hydrogen (secondary N) is 2. The van der Waals surface area contributed by atoms with Gasteiger partial charge in [-0.05, 0) is 36.3 Å². The van der Waals surface area contributed by atoms with Crippen LogP contribution in [0.15, 0.2) is 40.9 Å². The number of carbonyl (C=O) groups excluding carboxylic acids is 1. The molecule has 0 aliphatic heterocycles. The van der Waals surface area contributed by atoms with E-state index in [9.17, 15) is 4.79 Å². The molecule has 1 heterocycles. The molecule has 0 atom stereocenters. The molecule has 0 saturated carbocycles. The summed E-state index contributed by atoms with van der Waals surface area (Å²) in [6.07, 6.45) is 5.27. The second-order valence-corrected chi connectivity index (χ2v) is 6.26. The van der Waals surface area contributed by atoms with Gasteiger partial charge in [-0.2, -0.15) is 0 Å². The molecule has 0 spiro atoms. The Kier molecular flexibility index (Phi) is 3.57. The van der Waals surface area contributed by atoms with Crippen molar-refractivity contribution in [2.45, 2.75) is 27.2 Å². The van der Waals surface area contributed by atoms with Crippen molar-refractivity contribution < 1.29 is 4.79 Å². The van der Waals surface area contributed by atoms with Crippen LogP contribution in [0.2, 0.25) is 0 Å². The van der Waals surface area contributed by atoms with Gasteiger partial charge in [-0.3, -0.25) is 15.6 Å². The Morgan fingerprint density at radius 2 is 2.22 bits per heavy atom. The monoisotopic (exact) mass is 262 g/mol. The first-order valence-electron chi connectivity index (χ1n) is 5.96. The number of allylic oxidation sites excluding steroid dienone is 3. The first-order chi connectivity index (χ1) is 8.46. The van der Waals surface area contributed by atoms with E-state index in [-0.39, 0.29) is 11.3 Å². The fourth-order valence-electron chi connectivity index (χ4n) is 2.22. The average Bonchev–Trinajstić information content (AvgIpc) is 2.76. The number of amides is 1. The van der Waals surface area contributed by atoms with Crippen LogP contribution in [0.1, 0.15) is 36.9 Å². The molecule has 0 saturated heterocycles. The standard InChI is InChI=1S/C14H18N2OS/c1-10-7-11(9-14(2,3)8-10)15-16-13(17)12-5-4-6-18-12/h4-7,9,15H,8H2,1-3H3,(H,16,17). The van der Waals surface area contributed by atoms with Crippen molar-refractivity contribution >= 4 is 17.2 Å². The molecule has 0 unspecified atom stereocenters. The molecule has 0 aromatic carbocycles. The average molecular weight is 262 g/mol. The fourth-order valence-corrected chi connectivity index (χ4v) is 2.84. The first-order valence-corrected chi connectivity index (χ1v) is 6.84. The van der Waals surface area contributed by atoms with E-state index in [1.54, 1.807) is 0 Å². The molecular formula is C14H18N2OS. The van der Waals surface area contributed by atoms with Crippen LogP contribution >= 0.6 is 11.3 Å². The molecule has 96 valence electrons. The predicted octanol–water partition coefficient (Wildman–Crippen LogP) is 3.24. The molecule has 1 aromatic heterocycles. The molecule has 2 N–H and O–H groups in total. The second-order valence-electron chi connectivity index (χ2n) is 5.31. The van der Waals surface area contributed by atoms with E-state index in [1.165, 1.54) is 16.9 Å². The van der Waals surface area contributed by atoms with Crippen molar-refractivity contribution in [3.63, 3.8) is 0 Å². The van der Waals surface area contributed by atoms with Crippen LogP contribution in [-0.2, 0) is 0 Å². The lowest BCUT2D eigenvalue weighted by Crippen LogP contribution is -2.37. The first kappa shape index (κ1) is 12.9. The zero-order valence-corrected chi connectivity index (χ0v) is 11.7. The summed E-state index contributed by atoms with van der Waals surface area (Å²) in [4.78, 5) is 12.5. The summed E-state index contributed by atoms with van der Waals surface area (Å²) in [5.41, 5.74) is 8.11. The van der Waals surface area contributed by atoms with Crippen LogP contribution in [0.5, 0.6) is 0 Å². The molecule has 0 radical (unpaired) electrons. The number of hydrogen-bond acceptors (Lipinski definition) is 3. The molecule has 1 amide bonds. The molecule has 0 bridgehead atoms. The van der Waals surface area contributed by atoms with E-state index in [4.69, 9.17) is 0 Å². The summed E-state index contributed by atoms with van der Waals surface area (Å²) in [5, 5.41) is 1.89. The predicted molar refractivity (Wildman–Crippen MR) is 75.2 cm³/mol. The lowest BCUT2D eigenvalue weighted by Gasteiger charge is -2.27. The van der Waals surface area contributed by atoms with E-state index in [0.29, 0.717) is 4.88 Å². The molecule has 1 aliphatic rings. The number of carbonyl (C=O) groups is 1. The lowest BCUT2D eigenvalue weighted by atomic mass is 9.82. The summed E-state index contributed by atoms with van der Waals surface area (Å²) < 4.78 is 0. The van der Waals surface area contributed by atoms with Crippen LogP contribution in [0.4, 0.5) is 0 Å². The Labute approximate surface area is 112 Å². The maximum absolute atomic E-state index is 11.8. The second kappa shape index (κ2) is 4.98. The zero-order chi connectivity index (χ0) is 13.2. The van der Waals surface area contributed by atoms with Crippen molar-refractivity contribution in [3.8, 4) is 0 Å². The van der Waals surface area contributed by atoms with Gasteiger partial charge in [-0.15, -0.1) is 11.3 Å². The SMILES string of the molecule is CC1=CC(NNC(=O)c2cccs2)=CC(C)(C)C1. The Morgan fingerprint density at radius 3 is 2.83 bits per heavy atom. The van der Waals surface area contributed by atoms with Crippen LogP contribution in [0, 0.1) is 5.41 Å². The molecule has 3 nitrogen and oxygen atoms in total. The maximum Gasteiger partial charge on any atom is 0.279 e. The highest BCUT2D eigenvalue weighted by Crippen LogP contribution is 2.31. The van der Waals surface area contributed by atoms with Crippen LogP contribution in [0.25, 0.3) is 0 Å². The van der Waals surface area contributed by atoms with Crippen molar-refractivity contribution in [1.29, 1.82) is 0 Å². The van der Waals surface area contributed by atoms with Crippen molar-refractivity contribution in [2.24, 2.45) is 5.41 Å². The van der Waals surface area contributed by atoms with Gasteiger partial charge in [-0.25, -0.2) is 0 Å². The number of hydrazine groups is 1. The van der Waals surface area contributed by atoms with Crippen LogP contribution in [0.3, 0.4) is 0 Å². The van der Waals surface area contributed by atoms with Gasteiger partial charge in [0.05, 0.1) is 10.6 Å². The van der Waals surface area contributed by atoms with E-state index in [1.807, 2.05) is 17.5 Å². The fraction of sp³-hybridized carbons (Fsp3) is 0.357. The van der Waals surface area contributed by atoms with Gasteiger partial charge in [0.25, 0.3) is 5.91 Å². The third kappa shape index (κ3) is 3.23. The van der Waals surface area contributed by atoms with E-state index in [2.05, 4.69) is 43.8 Å². The summed E-state index contributed by atoms with van der Waals surface area (Å²) in [6, 6.07) is 3.68. The van der Waals surface area contributed by atoms with E-state index in [0.717, 1.165) is 12.1 Å². The number of rotatable bonds is 3. The molecule has 4 heteroatoms. The van der Waals surface area contributed by atoms with Gasteiger partial charge in [-0.1, -0.05) is 31.6 Å². The topological polar surface area (TPSA) is 41.1 Å². The smallest absolute Gasteiger partial charge is 0.279 e. The van der Waals surface area contributed by atoms with Crippen molar-refractivity contribution in [1.82, 2.24) is 10.9 Å². The molecule has 1 aliphatic carbocycles. The Balaban J connectivity index is 1.98. The summed E-state index contributed by atoms with van der Waals surface area (Å²) >= 11 is 1.43. The van der Waals surface area contributed by atoms with Gasteiger partial charge < -0.3 is 0 Å². The van der Waals surface area contributed by atoms with E-state index >= 15 is 0 Å². The normalized spacial score (nSPS) is 17.7. The van der Waals surface area contributed by atoms with Crippen LogP contribution < -0.4 is 10.9 Å². The maximum atomic E-state index is 11.8. The summed E-state index contributed by atoms with van der Waals surface area (Å²) in [5.74, 6) is -0.0969. The lowest BCUT2D eigenvalue weighted by molar-refractivity contribution is 0.0943. The number of thiophene rings is 1. The molecule has 2 rings (SSSR count). The van der Waals surface area contributed by atoms with Gasteiger partial charge in [0, 0.05) is 0 Å². The highest BCUT2D eigenvalue weighted by molar-refractivity contribution is 7.12. The minimum Gasteiger partial charge on any atom is -0.299 e. The third-order valence-electron chi connectivity index (χ3n) is 2.75. The zero-order valence-electron chi connectivity index (χ0n) is 10.9. The third-order valence-corrected chi connectivity index (χ3v) is 3.62. The molecule has 18 heavy (non-hydrogen) atoms. The summed E-state index contributed by atoms with van der Waals surface area (Å²) in [6.45, 7) is 6.48. The molecule has 0 fully saturated rings. The largest absolute Gasteiger partial charge is 0.299 e. The Bertz CT molecular complexity index is 498. The Morgan fingerprint density at radius 1 is 1.44 bits per heavy atom. The quantitative estimate of drug-likeness (QED) is 0.821. The van der Waals surface area contributed by atoms with Gasteiger partial charge in [0.2, 0.25) is 0 Å². The molecule has 1 aromatic rings. The van der Waals surface area contributed by atoms with Gasteiger partial charge >= 0.3 is 0 Å². The molecular weight excluding hydrogens is 244 g/mol. The van der Waals surface area contributed by atoms with Crippen molar-refractivity contribution in [3.05, 3.63) is 45.8 Å². The van der Waals surface area contributed by atoms with Gasteiger partial charge in [0.1, 0.15) is 0 Å². The highest BCUT2D eigenvalue weighted by Gasteiger charge is 2.20. The van der Waals surface area contributed by atoms with E-state index < -0.39 is 0 Å². The highest BCUT2D eigenvalue weighted by atomic mass is 32.1. The van der Waals surface area contributed by atoms with Crippen molar-refractivity contribution in [2.75, 3.05) is 0 Å².